The number of aryl methyl sites for hydroxylation is 4. The summed E-state index contributed by atoms with van der Waals surface area (Å²) in [4.78, 5) is 4.52. The van der Waals surface area contributed by atoms with Crippen LogP contribution in [0, 0.1) is 27.7 Å². The van der Waals surface area contributed by atoms with Gasteiger partial charge in [-0.2, -0.15) is 0 Å². The summed E-state index contributed by atoms with van der Waals surface area (Å²) in [5.41, 5.74) is 7.40. The lowest BCUT2D eigenvalue weighted by molar-refractivity contribution is 1.22. The Hall–Kier alpha value is -1.63. The SMILES string of the molecule is Cc1cnc(-c2ccc(C)c(C)c2)c(C)c1. The molecular formula is C15H17N. The normalized spacial score (nSPS) is 10.5. The largest absolute Gasteiger partial charge is 0.256 e. The molecule has 1 aromatic carbocycles. The Bertz CT molecular complexity index is 527. The summed E-state index contributed by atoms with van der Waals surface area (Å²) in [6.45, 7) is 8.46. The van der Waals surface area contributed by atoms with E-state index in [1.54, 1.807) is 0 Å². The average Bonchev–Trinajstić information content (AvgIpc) is 2.22. The van der Waals surface area contributed by atoms with Crippen LogP contribution in [0.2, 0.25) is 0 Å². The van der Waals surface area contributed by atoms with Crippen LogP contribution in [0.3, 0.4) is 0 Å². The molecule has 0 spiro atoms. The van der Waals surface area contributed by atoms with Gasteiger partial charge in [0.05, 0.1) is 5.69 Å². The number of aromatic nitrogens is 1. The van der Waals surface area contributed by atoms with E-state index in [9.17, 15) is 0 Å². The number of rotatable bonds is 1. The summed E-state index contributed by atoms with van der Waals surface area (Å²) in [5.74, 6) is 0. The number of hydrogen-bond acceptors (Lipinski definition) is 1. The number of nitrogens with zero attached hydrogens (tertiary/aromatic N) is 1. The highest BCUT2D eigenvalue weighted by atomic mass is 14.7. The third-order valence-electron chi connectivity index (χ3n) is 3.00. The second kappa shape index (κ2) is 4.09. The van der Waals surface area contributed by atoms with Crippen molar-refractivity contribution in [2.45, 2.75) is 27.7 Å². The van der Waals surface area contributed by atoms with Gasteiger partial charge in [0.25, 0.3) is 0 Å². The van der Waals surface area contributed by atoms with Crippen LogP contribution in [0.5, 0.6) is 0 Å². The molecule has 0 N–H and O–H groups in total. The zero-order valence-corrected chi connectivity index (χ0v) is 10.3. The van der Waals surface area contributed by atoms with Crippen LogP contribution in [-0.2, 0) is 0 Å². The molecule has 82 valence electrons. The third kappa shape index (κ3) is 1.99. The molecule has 0 amide bonds. The van der Waals surface area contributed by atoms with Gasteiger partial charge in [-0.3, -0.25) is 4.98 Å². The molecule has 0 saturated carbocycles. The molecule has 2 rings (SSSR count). The number of hydrogen-bond donors (Lipinski definition) is 0. The van der Waals surface area contributed by atoms with Gasteiger partial charge in [0, 0.05) is 11.8 Å². The van der Waals surface area contributed by atoms with Crippen molar-refractivity contribution in [2.24, 2.45) is 0 Å². The van der Waals surface area contributed by atoms with Crippen molar-refractivity contribution < 1.29 is 0 Å². The lowest BCUT2D eigenvalue weighted by atomic mass is 10.0. The van der Waals surface area contributed by atoms with Crippen molar-refractivity contribution in [1.82, 2.24) is 4.98 Å². The van der Waals surface area contributed by atoms with E-state index in [-0.39, 0.29) is 0 Å². The molecule has 1 heteroatoms. The lowest BCUT2D eigenvalue weighted by Gasteiger charge is -2.08. The Labute approximate surface area is 97.2 Å². The molecule has 2 aromatic rings. The second-order valence-electron chi connectivity index (χ2n) is 4.48. The minimum atomic E-state index is 1.09. The summed E-state index contributed by atoms with van der Waals surface area (Å²) in [6.07, 6.45) is 1.93. The molecule has 0 fully saturated rings. The Morgan fingerprint density at radius 1 is 0.812 bits per heavy atom. The molecule has 1 aromatic heterocycles. The maximum absolute atomic E-state index is 4.52. The second-order valence-corrected chi connectivity index (χ2v) is 4.48. The highest BCUT2D eigenvalue weighted by Gasteiger charge is 2.04. The van der Waals surface area contributed by atoms with Crippen LogP contribution in [0.15, 0.2) is 30.5 Å². The molecule has 0 aliphatic heterocycles. The van der Waals surface area contributed by atoms with Gasteiger partial charge in [0.1, 0.15) is 0 Å². The average molecular weight is 211 g/mol. The predicted octanol–water partition coefficient (Wildman–Crippen LogP) is 3.98. The fourth-order valence-corrected chi connectivity index (χ4v) is 1.91. The monoisotopic (exact) mass is 211 g/mol. The van der Waals surface area contributed by atoms with Gasteiger partial charge in [0.2, 0.25) is 0 Å². The van der Waals surface area contributed by atoms with Crippen LogP contribution >= 0.6 is 0 Å². The van der Waals surface area contributed by atoms with Crippen molar-refractivity contribution in [3.8, 4) is 11.3 Å². The molecule has 0 aliphatic rings. The number of pyridine rings is 1. The first-order valence-corrected chi connectivity index (χ1v) is 5.59. The summed E-state index contributed by atoms with van der Waals surface area (Å²) in [5, 5.41) is 0. The van der Waals surface area contributed by atoms with Gasteiger partial charge >= 0.3 is 0 Å². The minimum absolute atomic E-state index is 1.09. The van der Waals surface area contributed by atoms with Gasteiger partial charge in [-0.15, -0.1) is 0 Å². The fourth-order valence-electron chi connectivity index (χ4n) is 1.91. The van der Waals surface area contributed by atoms with Crippen LogP contribution < -0.4 is 0 Å². The van der Waals surface area contributed by atoms with Gasteiger partial charge < -0.3 is 0 Å². The highest BCUT2D eigenvalue weighted by molar-refractivity contribution is 5.64. The van der Waals surface area contributed by atoms with Crippen molar-refractivity contribution in [2.75, 3.05) is 0 Å². The van der Waals surface area contributed by atoms with Crippen molar-refractivity contribution >= 4 is 0 Å². The van der Waals surface area contributed by atoms with Gasteiger partial charge in [0.15, 0.2) is 0 Å². The van der Waals surface area contributed by atoms with Crippen LogP contribution in [0.1, 0.15) is 22.3 Å². The minimum Gasteiger partial charge on any atom is -0.256 e. The van der Waals surface area contributed by atoms with Crippen LogP contribution in [-0.4, -0.2) is 4.98 Å². The smallest absolute Gasteiger partial charge is 0.0731 e. The Kier molecular flexibility index (Phi) is 2.78. The highest BCUT2D eigenvalue weighted by Crippen LogP contribution is 2.23. The summed E-state index contributed by atoms with van der Waals surface area (Å²) in [7, 11) is 0. The summed E-state index contributed by atoms with van der Waals surface area (Å²) < 4.78 is 0. The maximum Gasteiger partial charge on any atom is 0.0731 e. The Morgan fingerprint density at radius 2 is 1.56 bits per heavy atom. The first-order chi connectivity index (χ1) is 7.58. The van der Waals surface area contributed by atoms with E-state index in [0.29, 0.717) is 0 Å². The molecule has 0 bridgehead atoms. The molecule has 16 heavy (non-hydrogen) atoms. The quantitative estimate of drug-likeness (QED) is 0.695. The predicted molar refractivity (Wildman–Crippen MR) is 68.6 cm³/mol. The first-order valence-electron chi connectivity index (χ1n) is 5.59. The van der Waals surface area contributed by atoms with Crippen LogP contribution in [0.25, 0.3) is 11.3 Å². The zero-order valence-electron chi connectivity index (χ0n) is 10.3. The van der Waals surface area contributed by atoms with Crippen molar-refractivity contribution in [1.29, 1.82) is 0 Å². The fraction of sp³-hybridized carbons (Fsp3) is 0.267. The van der Waals surface area contributed by atoms with E-state index in [4.69, 9.17) is 0 Å². The van der Waals surface area contributed by atoms with E-state index in [2.05, 4.69) is 56.9 Å². The lowest BCUT2D eigenvalue weighted by Crippen LogP contribution is -1.91. The van der Waals surface area contributed by atoms with E-state index in [0.717, 1.165) is 5.69 Å². The van der Waals surface area contributed by atoms with Gasteiger partial charge in [-0.1, -0.05) is 18.2 Å². The molecule has 0 unspecified atom stereocenters. The van der Waals surface area contributed by atoms with Crippen molar-refractivity contribution in [3.05, 3.63) is 52.7 Å². The first kappa shape index (κ1) is 10.9. The molecule has 0 saturated heterocycles. The zero-order chi connectivity index (χ0) is 11.7. The van der Waals surface area contributed by atoms with Crippen molar-refractivity contribution in [3.63, 3.8) is 0 Å². The maximum atomic E-state index is 4.52. The molecule has 1 nitrogen and oxygen atoms in total. The Balaban J connectivity index is 2.54. The third-order valence-corrected chi connectivity index (χ3v) is 3.00. The summed E-state index contributed by atoms with van der Waals surface area (Å²) in [6, 6.07) is 8.69. The van der Waals surface area contributed by atoms with Gasteiger partial charge in [-0.05, 0) is 56.0 Å². The molecular weight excluding hydrogens is 194 g/mol. The molecule has 0 radical (unpaired) electrons. The van der Waals surface area contributed by atoms with Gasteiger partial charge in [-0.25, -0.2) is 0 Å². The molecule has 1 heterocycles. The topological polar surface area (TPSA) is 12.9 Å². The summed E-state index contributed by atoms with van der Waals surface area (Å²) >= 11 is 0. The molecule has 0 aliphatic carbocycles. The Morgan fingerprint density at radius 3 is 2.19 bits per heavy atom. The van der Waals surface area contributed by atoms with E-state index >= 15 is 0 Å². The van der Waals surface area contributed by atoms with E-state index in [1.165, 1.54) is 27.8 Å². The van der Waals surface area contributed by atoms with Crippen LogP contribution in [0.4, 0.5) is 0 Å². The van der Waals surface area contributed by atoms with E-state index < -0.39 is 0 Å². The number of benzene rings is 1. The van der Waals surface area contributed by atoms with E-state index in [1.807, 2.05) is 6.20 Å². The standard InChI is InChI=1S/C15H17N/c1-10-7-13(4)15(16-9-10)14-6-5-11(2)12(3)8-14/h5-9H,1-4H3. The molecule has 0 atom stereocenters.